The molecule has 0 saturated heterocycles. The molecule has 78 valence electrons. The molecule has 1 rings (SSSR count). The van der Waals surface area contributed by atoms with Crippen LogP contribution in [-0.4, -0.2) is 20.1 Å². The topological polar surface area (TPSA) is 30.5 Å². The molecule has 0 amide bonds. The fourth-order valence-corrected chi connectivity index (χ4v) is 1.30. The number of thiol groups is 1. The van der Waals surface area contributed by atoms with E-state index in [0.29, 0.717) is 5.88 Å². The molecule has 4 heteroatoms. The first kappa shape index (κ1) is 11.2. The first-order valence-corrected chi connectivity index (χ1v) is 4.97. The van der Waals surface area contributed by atoms with Crippen LogP contribution in [-0.2, 0) is 6.54 Å². The smallest absolute Gasteiger partial charge is 0.161 e. The molecule has 1 aromatic carbocycles. The van der Waals surface area contributed by atoms with E-state index in [0.717, 1.165) is 23.6 Å². The van der Waals surface area contributed by atoms with Gasteiger partial charge in [0.2, 0.25) is 0 Å². The summed E-state index contributed by atoms with van der Waals surface area (Å²) >= 11 is 4.07. The number of benzene rings is 1. The quantitative estimate of drug-likeness (QED) is 0.576. The molecule has 0 saturated carbocycles. The highest BCUT2D eigenvalue weighted by Gasteiger charge is 2.03. The number of methoxy groups -OCH3 is 2. The lowest BCUT2D eigenvalue weighted by Crippen LogP contribution is -2.10. The van der Waals surface area contributed by atoms with E-state index < -0.39 is 0 Å². The predicted octanol–water partition coefficient (Wildman–Crippen LogP) is 1.68. The lowest BCUT2D eigenvalue weighted by Gasteiger charge is -2.09. The van der Waals surface area contributed by atoms with E-state index in [1.165, 1.54) is 0 Å². The highest BCUT2D eigenvalue weighted by Crippen LogP contribution is 2.27. The Morgan fingerprint density at radius 1 is 1.21 bits per heavy atom. The molecule has 1 N–H and O–H groups in total. The zero-order chi connectivity index (χ0) is 10.4. The van der Waals surface area contributed by atoms with Gasteiger partial charge in [-0.05, 0) is 17.7 Å². The van der Waals surface area contributed by atoms with Crippen molar-refractivity contribution in [3.63, 3.8) is 0 Å². The van der Waals surface area contributed by atoms with Crippen molar-refractivity contribution in [3.8, 4) is 11.5 Å². The van der Waals surface area contributed by atoms with E-state index >= 15 is 0 Å². The number of hydrogen-bond acceptors (Lipinski definition) is 4. The van der Waals surface area contributed by atoms with Crippen molar-refractivity contribution in [3.05, 3.63) is 23.8 Å². The average molecular weight is 213 g/mol. The summed E-state index contributed by atoms with van der Waals surface area (Å²) in [5.74, 6) is 2.17. The number of ether oxygens (including phenoxy) is 2. The minimum absolute atomic E-state index is 0.661. The van der Waals surface area contributed by atoms with Crippen LogP contribution in [0.5, 0.6) is 11.5 Å². The third-order valence-electron chi connectivity index (χ3n) is 1.89. The second-order valence-corrected chi connectivity index (χ2v) is 3.09. The molecule has 0 heterocycles. The maximum atomic E-state index is 5.18. The van der Waals surface area contributed by atoms with Crippen molar-refractivity contribution in [1.29, 1.82) is 0 Å². The van der Waals surface area contributed by atoms with Gasteiger partial charge in [-0.25, -0.2) is 0 Å². The Hall–Kier alpha value is -0.870. The Morgan fingerprint density at radius 2 is 1.93 bits per heavy atom. The molecule has 0 aliphatic rings. The molecule has 0 aliphatic carbocycles. The lowest BCUT2D eigenvalue weighted by molar-refractivity contribution is 0.354. The molecule has 0 spiro atoms. The molecule has 1 aromatic rings. The van der Waals surface area contributed by atoms with E-state index in [-0.39, 0.29) is 0 Å². The van der Waals surface area contributed by atoms with Gasteiger partial charge in [0.15, 0.2) is 11.5 Å². The van der Waals surface area contributed by atoms with Gasteiger partial charge in [0, 0.05) is 12.4 Å². The van der Waals surface area contributed by atoms with Crippen LogP contribution in [0.25, 0.3) is 0 Å². The van der Waals surface area contributed by atoms with E-state index in [4.69, 9.17) is 9.47 Å². The van der Waals surface area contributed by atoms with Crippen molar-refractivity contribution in [1.82, 2.24) is 5.32 Å². The summed E-state index contributed by atoms with van der Waals surface area (Å²) in [4.78, 5) is 0. The maximum absolute atomic E-state index is 5.18. The first-order valence-electron chi connectivity index (χ1n) is 4.34. The zero-order valence-corrected chi connectivity index (χ0v) is 9.30. The van der Waals surface area contributed by atoms with Crippen LogP contribution >= 0.6 is 12.6 Å². The summed E-state index contributed by atoms with van der Waals surface area (Å²) < 4.78 is 10.3. The van der Waals surface area contributed by atoms with Gasteiger partial charge in [-0.1, -0.05) is 6.07 Å². The minimum Gasteiger partial charge on any atom is -0.493 e. The highest BCUT2D eigenvalue weighted by atomic mass is 32.1. The molecule has 14 heavy (non-hydrogen) atoms. The number of rotatable bonds is 5. The second-order valence-electron chi connectivity index (χ2n) is 2.77. The Balaban J connectivity index is 2.79. The molecule has 0 unspecified atom stereocenters. The van der Waals surface area contributed by atoms with Crippen LogP contribution in [0.3, 0.4) is 0 Å². The van der Waals surface area contributed by atoms with E-state index in [1.54, 1.807) is 14.2 Å². The van der Waals surface area contributed by atoms with Crippen molar-refractivity contribution in [2.75, 3.05) is 20.1 Å². The van der Waals surface area contributed by atoms with E-state index in [9.17, 15) is 0 Å². The summed E-state index contributed by atoms with van der Waals surface area (Å²) in [5, 5.41) is 3.12. The fraction of sp³-hybridized carbons (Fsp3) is 0.400. The molecule has 3 nitrogen and oxygen atoms in total. The van der Waals surface area contributed by atoms with E-state index in [2.05, 4.69) is 17.9 Å². The van der Waals surface area contributed by atoms with Crippen LogP contribution < -0.4 is 14.8 Å². The van der Waals surface area contributed by atoms with Gasteiger partial charge in [-0.15, -0.1) is 0 Å². The van der Waals surface area contributed by atoms with Gasteiger partial charge >= 0.3 is 0 Å². The van der Waals surface area contributed by atoms with Crippen LogP contribution in [0, 0.1) is 0 Å². The van der Waals surface area contributed by atoms with Crippen LogP contribution in [0.2, 0.25) is 0 Å². The Morgan fingerprint density at radius 3 is 2.50 bits per heavy atom. The molecule has 0 radical (unpaired) electrons. The van der Waals surface area contributed by atoms with Crippen molar-refractivity contribution in [2.24, 2.45) is 0 Å². The minimum atomic E-state index is 0.661. The van der Waals surface area contributed by atoms with Crippen molar-refractivity contribution in [2.45, 2.75) is 6.54 Å². The van der Waals surface area contributed by atoms with Gasteiger partial charge < -0.3 is 14.8 Å². The van der Waals surface area contributed by atoms with Gasteiger partial charge in [0.1, 0.15) is 0 Å². The number of hydrogen-bond donors (Lipinski definition) is 2. The average Bonchev–Trinajstić information content (AvgIpc) is 2.25. The third kappa shape index (κ3) is 2.82. The summed E-state index contributed by atoms with van der Waals surface area (Å²) in [6.45, 7) is 0.782. The first-order chi connectivity index (χ1) is 6.81. The van der Waals surface area contributed by atoms with Crippen LogP contribution in [0.4, 0.5) is 0 Å². The zero-order valence-electron chi connectivity index (χ0n) is 8.41. The second kappa shape index (κ2) is 5.78. The Kier molecular flexibility index (Phi) is 4.62. The molecule has 0 bridgehead atoms. The van der Waals surface area contributed by atoms with Crippen molar-refractivity contribution < 1.29 is 9.47 Å². The van der Waals surface area contributed by atoms with Gasteiger partial charge in [0.25, 0.3) is 0 Å². The summed E-state index contributed by atoms with van der Waals surface area (Å²) in [6.07, 6.45) is 0. The normalized spacial score (nSPS) is 9.93. The van der Waals surface area contributed by atoms with Gasteiger partial charge in [-0.3, -0.25) is 0 Å². The SMILES string of the molecule is COc1ccc(CNCS)cc1OC. The van der Waals surface area contributed by atoms with E-state index in [1.807, 2.05) is 18.2 Å². The molecule has 0 atom stereocenters. The van der Waals surface area contributed by atoms with Crippen LogP contribution in [0.15, 0.2) is 18.2 Å². The third-order valence-corrected chi connectivity index (χ3v) is 2.11. The Bertz CT molecular complexity index is 291. The predicted molar refractivity (Wildman–Crippen MR) is 60.2 cm³/mol. The number of nitrogens with one attached hydrogen (secondary N) is 1. The van der Waals surface area contributed by atoms with Crippen LogP contribution in [0.1, 0.15) is 5.56 Å². The molecule has 0 aliphatic heterocycles. The summed E-state index contributed by atoms with van der Waals surface area (Å²) in [5.41, 5.74) is 1.15. The maximum Gasteiger partial charge on any atom is 0.161 e. The summed E-state index contributed by atoms with van der Waals surface area (Å²) in [7, 11) is 3.26. The monoisotopic (exact) mass is 213 g/mol. The molecular formula is C10H15NO2S. The largest absolute Gasteiger partial charge is 0.493 e. The standard InChI is InChI=1S/C10H15NO2S/c1-12-9-4-3-8(6-11-7-14)5-10(9)13-2/h3-5,11,14H,6-7H2,1-2H3. The Labute approximate surface area is 89.8 Å². The molecule has 0 aromatic heterocycles. The molecule has 0 fully saturated rings. The molecular weight excluding hydrogens is 198 g/mol. The van der Waals surface area contributed by atoms with Gasteiger partial charge in [0.05, 0.1) is 14.2 Å². The lowest BCUT2D eigenvalue weighted by atomic mass is 10.2. The van der Waals surface area contributed by atoms with Crippen molar-refractivity contribution >= 4 is 12.6 Å². The van der Waals surface area contributed by atoms with Gasteiger partial charge in [-0.2, -0.15) is 12.6 Å². The highest BCUT2D eigenvalue weighted by molar-refractivity contribution is 7.80. The summed E-state index contributed by atoms with van der Waals surface area (Å²) in [6, 6.07) is 5.85. The fourth-order valence-electron chi connectivity index (χ4n) is 1.19.